The first-order valence-electron chi connectivity index (χ1n) is 13.6. The molecule has 0 saturated carbocycles. The van der Waals surface area contributed by atoms with E-state index < -0.39 is 22.0 Å². The fourth-order valence-electron chi connectivity index (χ4n) is 4.90. The number of carbonyl (C=O) groups is 2. The van der Waals surface area contributed by atoms with Crippen molar-refractivity contribution in [1.82, 2.24) is 23.9 Å². The molecular formula is C32H33N5O5S. The molecule has 0 atom stereocenters. The van der Waals surface area contributed by atoms with Crippen molar-refractivity contribution >= 4 is 49.9 Å². The first-order valence-corrected chi connectivity index (χ1v) is 15.0. The van der Waals surface area contributed by atoms with E-state index in [0.29, 0.717) is 35.2 Å². The first kappa shape index (κ1) is 29.6. The SMILES string of the molecule is COc1ccccc1C(=O)NC(=Cc1cn(S(=O)(=O)N(C)C)c2ccccc12)C(=O)NCCc1c[nH]c2ccc(C)cc12. The molecule has 0 aliphatic heterocycles. The number of ether oxygens (including phenoxy) is 1. The molecule has 2 aromatic heterocycles. The van der Waals surface area contributed by atoms with Crippen molar-refractivity contribution < 1.29 is 22.7 Å². The number of aromatic amines is 1. The largest absolute Gasteiger partial charge is 0.496 e. The number of amides is 2. The van der Waals surface area contributed by atoms with E-state index in [4.69, 9.17) is 4.74 Å². The molecule has 222 valence electrons. The third-order valence-corrected chi connectivity index (χ3v) is 8.89. The molecule has 43 heavy (non-hydrogen) atoms. The number of nitrogens with one attached hydrogen (secondary N) is 3. The topological polar surface area (TPSA) is 126 Å². The summed E-state index contributed by atoms with van der Waals surface area (Å²) >= 11 is 0. The minimum Gasteiger partial charge on any atom is -0.496 e. The number of fused-ring (bicyclic) bond motifs is 2. The number of para-hydroxylation sites is 2. The van der Waals surface area contributed by atoms with Crippen molar-refractivity contribution in [2.45, 2.75) is 13.3 Å². The standard InChI is InChI=1S/C32H33N5O5S/c1-21-13-14-27-26(17-21)22(19-34-27)15-16-33-32(39)28(35-31(38)25-10-6-8-12-30(25)42-4)18-23-20-37(43(40,41)36(2)3)29-11-7-5-9-24(23)29/h5-14,17-20,34H,15-16H2,1-4H3,(H,33,39)(H,35,38). The molecule has 0 spiro atoms. The van der Waals surface area contributed by atoms with Gasteiger partial charge in [-0.1, -0.05) is 42.0 Å². The van der Waals surface area contributed by atoms with Crippen LogP contribution in [0.25, 0.3) is 27.9 Å². The van der Waals surface area contributed by atoms with E-state index in [1.807, 2.05) is 25.3 Å². The fraction of sp³-hybridized carbons (Fsp3) is 0.188. The monoisotopic (exact) mass is 599 g/mol. The summed E-state index contributed by atoms with van der Waals surface area (Å²) in [6.07, 6.45) is 5.42. The van der Waals surface area contributed by atoms with Crippen LogP contribution in [0.3, 0.4) is 0 Å². The third-order valence-electron chi connectivity index (χ3n) is 7.17. The normalized spacial score (nSPS) is 12.2. The maximum atomic E-state index is 13.6. The number of aryl methyl sites for hydroxylation is 1. The summed E-state index contributed by atoms with van der Waals surface area (Å²) in [5.41, 5.74) is 4.29. The minimum atomic E-state index is -3.86. The second-order valence-corrected chi connectivity index (χ2v) is 12.3. The van der Waals surface area contributed by atoms with E-state index in [0.717, 1.165) is 30.3 Å². The van der Waals surface area contributed by atoms with Gasteiger partial charge in [-0.05, 0) is 55.3 Å². The lowest BCUT2D eigenvalue weighted by atomic mass is 10.1. The van der Waals surface area contributed by atoms with Crippen LogP contribution in [0.2, 0.25) is 0 Å². The average molecular weight is 600 g/mol. The smallest absolute Gasteiger partial charge is 0.307 e. The average Bonchev–Trinajstić information content (AvgIpc) is 3.58. The number of carbonyl (C=O) groups excluding carboxylic acids is 2. The maximum Gasteiger partial charge on any atom is 0.307 e. The molecule has 0 fully saturated rings. The molecule has 5 aromatic rings. The molecule has 3 aromatic carbocycles. The summed E-state index contributed by atoms with van der Waals surface area (Å²) in [6, 6.07) is 19.8. The van der Waals surface area contributed by atoms with E-state index in [2.05, 4.69) is 21.7 Å². The Kier molecular flexibility index (Phi) is 8.38. The Morgan fingerprint density at radius 3 is 2.53 bits per heavy atom. The Morgan fingerprint density at radius 2 is 1.77 bits per heavy atom. The summed E-state index contributed by atoms with van der Waals surface area (Å²) in [4.78, 5) is 30.2. The molecule has 11 heteroatoms. The maximum absolute atomic E-state index is 13.6. The molecule has 5 rings (SSSR count). The molecule has 0 aliphatic carbocycles. The van der Waals surface area contributed by atoms with Gasteiger partial charge in [-0.25, -0.2) is 3.97 Å². The Morgan fingerprint density at radius 1 is 1.02 bits per heavy atom. The van der Waals surface area contributed by atoms with Gasteiger partial charge in [0.25, 0.3) is 11.8 Å². The highest BCUT2D eigenvalue weighted by Gasteiger charge is 2.22. The fourth-order valence-corrected chi connectivity index (χ4v) is 5.90. The molecule has 0 unspecified atom stereocenters. The number of hydrogen-bond donors (Lipinski definition) is 3. The van der Waals surface area contributed by atoms with Gasteiger partial charge < -0.3 is 20.4 Å². The summed E-state index contributed by atoms with van der Waals surface area (Å²) < 4.78 is 33.8. The van der Waals surface area contributed by atoms with Gasteiger partial charge in [0.2, 0.25) is 0 Å². The van der Waals surface area contributed by atoms with Gasteiger partial charge in [0.15, 0.2) is 0 Å². The van der Waals surface area contributed by atoms with E-state index in [9.17, 15) is 18.0 Å². The number of rotatable bonds is 10. The zero-order valence-corrected chi connectivity index (χ0v) is 25.2. The lowest BCUT2D eigenvalue weighted by Crippen LogP contribution is -2.35. The van der Waals surface area contributed by atoms with Crippen LogP contribution in [0, 0.1) is 6.92 Å². The predicted molar refractivity (Wildman–Crippen MR) is 168 cm³/mol. The van der Waals surface area contributed by atoms with E-state index in [1.54, 1.807) is 48.5 Å². The zero-order valence-electron chi connectivity index (χ0n) is 24.3. The van der Waals surface area contributed by atoms with E-state index >= 15 is 0 Å². The van der Waals surface area contributed by atoms with Crippen LogP contribution in [0.15, 0.2) is 84.8 Å². The molecule has 10 nitrogen and oxygen atoms in total. The second kappa shape index (κ2) is 12.2. The van der Waals surface area contributed by atoms with E-state index in [1.165, 1.54) is 33.5 Å². The molecule has 0 bridgehead atoms. The van der Waals surface area contributed by atoms with Crippen LogP contribution < -0.4 is 15.4 Å². The molecular weight excluding hydrogens is 566 g/mol. The Bertz CT molecular complexity index is 1970. The number of aromatic nitrogens is 2. The number of methoxy groups -OCH3 is 1. The molecule has 3 N–H and O–H groups in total. The Balaban J connectivity index is 1.49. The van der Waals surface area contributed by atoms with Crippen LogP contribution in [-0.2, 0) is 21.4 Å². The molecule has 0 aliphatic rings. The van der Waals surface area contributed by atoms with Crippen molar-refractivity contribution in [3.63, 3.8) is 0 Å². The highest BCUT2D eigenvalue weighted by Crippen LogP contribution is 2.26. The van der Waals surface area contributed by atoms with Gasteiger partial charge in [-0.15, -0.1) is 0 Å². The van der Waals surface area contributed by atoms with Crippen molar-refractivity contribution in [2.24, 2.45) is 0 Å². The minimum absolute atomic E-state index is 0.0455. The van der Waals surface area contributed by atoms with E-state index in [-0.39, 0.29) is 11.3 Å². The first-order chi connectivity index (χ1) is 20.6. The van der Waals surface area contributed by atoms with Gasteiger partial charge in [0.05, 0.1) is 18.2 Å². The quantitative estimate of drug-likeness (QED) is 0.207. The summed E-state index contributed by atoms with van der Waals surface area (Å²) in [5.74, 6) is -0.717. The Labute approximate surface area is 250 Å². The van der Waals surface area contributed by atoms with Gasteiger partial charge >= 0.3 is 10.2 Å². The Hall–Kier alpha value is -4.87. The highest BCUT2D eigenvalue weighted by molar-refractivity contribution is 7.87. The van der Waals surface area contributed by atoms with Gasteiger partial charge in [-0.3, -0.25) is 9.59 Å². The zero-order chi connectivity index (χ0) is 30.7. The lowest BCUT2D eigenvalue weighted by molar-refractivity contribution is -0.117. The van der Waals surface area contributed by atoms with Crippen LogP contribution in [0.1, 0.15) is 27.0 Å². The van der Waals surface area contributed by atoms with Gasteiger partial charge in [0, 0.05) is 54.9 Å². The van der Waals surface area contributed by atoms with Crippen LogP contribution in [0.4, 0.5) is 0 Å². The van der Waals surface area contributed by atoms with Crippen molar-refractivity contribution in [3.05, 3.63) is 107 Å². The van der Waals surface area contributed by atoms with Crippen LogP contribution >= 0.6 is 0 Å². The number of H-pyrrole nitrogens is 1. The summed E-state index contributed by atoms with van der Waals surface area (Å²) in [5, 5.41) is 7.32. The number of benzene rings is 3. The highest BCUT2D eigenvalue weighted by atomic mass is 32.2. The van der Waals surface area contributed by atoms with Crippen LogP contribution in [0.5, 0.6) is 5.75 Å². The second-order valence-electron chi connectivity index (χ2n) is 10.3. The number of hydrogen-bond acceptors (Lipinski definition) is 5. The number of nitrogens with zero attached hydrogens (tertiary/aromatic N) is 2. The summed E-state index contributed by atoms with van der Waals surface area (Å²) in [7, 11) is 0.490. The van der Waals surface area contributed by atoms with Gasteiger partial charge in [-0.2, -0.15) is 12.7 Å². The van der Waals surface area contributed by atoms with Gasteiger partial charge in [0.1, 0.15) is 11.4 Å². The van der Waals surface area contributed by atoms with Crippen molar-refractivity contribution in [3.8, 4) is 5.75 Å². The molecule has 0 radical (unpaired) electrons. The molecule has 0 saturated heterocycles. The summed E-state index contributed by atoms with van der Waals surface area (Å²) in [6.45, 7) is 2.33. The van der Waals surface area contributed by atoms with Crippen molar-refractivity contribution in [2.75, 3.05) is 27.7 Å². The molecule has 2 amide bonds. The third kappa shape index (κ3) is 6.04. The predicted octanol–water partition coefficient (Wildman–Crippen LogP) is 4.22. The van der Waals surface area contributed by atoms with Crippen LogP contribution in [-0.4, -0.2) is 61.2 Å². The van der Waals surface area contributed by atoms with Crippen molar-refractivity contribution in [1.29, 1.82) is 0 Å². The lowest BCUT2D eigenvalue weighted by Gasteiger charge is -2.13. The molecule has 2 heterocycles.